The molecule has 6 nitrogen and oxygen atoms in total. The molecule has 0 fully saturated rings. The van der Waals surface area contributed by atoms with Crippen LogP contribution < -0.4 is 5.32 Å². The fraction of sp³-hybridized carbons (Fsp3) is 0.889. The average Bonchev–Trinajstić information content (AvgIpc) is 3.25. The molecule has 0 aliphatic rings. The molecule has 354 valence electrons. The highest BCUT2D eigenvalue weighted by Gasteiger charge is 2.18. The molecule has 0 saturated carbocycles. The smallest absolute Gasteiger partial charge is 0.305 e. The number of esters is 1. The van der Waals surface area contributed by atoms with Crippen LogP contribution in [0.3, 0.4) is 0 Å². The van der Waals surface area contributed by atoms with Gasteiger partial charge in [0.25, 0.3) is 0 Å². The van der Waals surface area contributed by atoms with Crippen molar-refractivity contribution >= 4 is 11.9 Å². The Morgan fingerprint density at radius 3 is 1.20 bits per heavy atom. The molecule has 0 aliphatic carbocycles. The number of hydrogen-bond donors (Lipinski definition) is 3. The van der Waals surface area contributed by atoms with Gasteiger partial charge in [0, 0.05) is 12.8 Å². The summed E-state index contributed by atoms with van der Waals surface area (Å²) in [5, 5.41) is 23.0. The number of carbonyl (C=O) groups excluding carboxylic acids is 2. The van der Waals surface area contributed by atoms with E-state index in [1.807, 2.05) is 6.08 Å². The van der Waals surface area contributed by atoms with Gasteiger partial charge in [0.1, 0.15) is 0 Å². The SMILES string of the molecule is CCCCCC/C=C\CCCCCCCC(=O)OCCCCCCCCCCCCCCCCCCCCCC(=O)NC(CO)C(O)/C=C/CCCCCCCCCCC. The zero-order valence-electron chi connectivity index (χ0n) is 40.2. The minimum absolute atomic E-state index is 0.00135. The fourth-order valence-corrected chi connectivity index (χ4v) is 8.10. The molecule has 0 aromatic carbocycles. The maximum absolute atomic E-state index is 12.4. The van der Waals surface area contributed by atoms with Gasteiger partial charge in [0.05, 0.1) is 25.4 Å². The van der Waals surface area contributed by atoms with Crippen LogP contribution >= 0.6 is 0 Å². The Balaban J connectivity index is 3.41. The molecule has 0 aromatic heterocycles. The topological polar surface area (TPSA) is 95.9 Å². The zero-order valence-corrected chi connectivity index (χ0v) is 40.2. The second-order valence-corrected chi connectivity index (χ2v) is 18.2. The van der Waals surface area contributed by atoms with Crippen molar-refractivity contribution in [3.63, 3.8) is 0 Å². The van der Waals surface area contributed by atoms with Crippen LogP contribution in [0.15, 0.2) is 24.3 Å². The summed E-state index contributed by atoms with van der Waals surface area (Å²) in [5.74, 6) is -0.0736. The highest BCUT2D eigenvalue weighted by atomic mass is 16.5. The third-order valence-electron chi connectivity index (χ3n) is 12.2. The summed E-state index contributed by atoms with van der Waals surface area (Å²) < 4.78 is 5.46. The summed E-state index contributed by atoms with van der Waals surface area (Å²) in [6, 6.07) is -0.628. The molecule has 0 rings (SSSR count). The van der Waals surface area contributed by atoms with Gasteiger partial charge in [-0.15, -0.1) is 0 Å². The lowest BCUT2D eigenvalue weighted by atomic mass is 10.0. The first-order chi connectivity index (χ1) is 29.5. The van der Waals surface area contributed by atoms with E-state index < -0.39 is 12.1 Å². The summed E-state index contributed by atoms with van der Waals surface area (Å²) in [5.41, 5.74) is 0. The number of rotatable bonds is 49. The highest BCUT2D eigenvalue weighted by molar-refractivity contribution is 5.76. The molecule has 0 spiro atoms. The van der Waals surface area contributed by atoms with E-state index >= 15 is 0 Å². The number of unbranched alkanes of at least 4 members (excludes halogenated alkanes) is 36. The van der Waals surface area contributed by atoms with Crippen molar-refractivity contribution in [1.29, 1.82) is 0 Å². The average molecular weight is 846 g/mol. The number of ether oxygens (including phenoxy) is 1. The van der Waals surface area contributed by atoms with Gasteiger partial charge < -0.3 is 20.3 Å². The van der Waals surface area contributed by atoms with Crippen molar-refractivity contribution in [3.05, 3.63) is 24.3 Å². The molecule has 1 amide bonds. The normalized spacial score (nSPS) is 12.8. The Morgan fingerprint density at radius 2 is 0.783 bits per heavy atom. The number of amides is 1. The molecule has 0 radical (unpaired) electrons. The summed E-state index contributed by atoms with van der Waals surface area (Å²) in [6.07, 6.45) is 59.0. The summed E-state index contributed by atoms with van der Waals surface area (Å²) in [6.45, 7) is 4.87. The van der Waals surface area contributed by atoms with E-state index in [0.29, 0.717) is 19.4 Å². The Bertz CT molecular complexity index is 935. The lowest BCUT2D eigenvalue weighted by Gasteiger charge is -2.20. The Kier molecular flexibility index (Phi) is 48.6. The van der Waals surface area contributed by atoms with Gasteiger partial charge in [0.15, 0.2) is 0 Å². The monoisotopic (exact) mass is 846 g/mol. The van der Waals surface area contributed by atoms with E-state index in [0.717, 1.165) is 44.9 Å². The van der Waals surface area contributed by atoms with Gasteiger partial charge in [-0.05, 0) is 57.8 Å². The molecule has 2 atom stereocenters. The van der Waals surface area contributed by atoms with Crippen molar-refractivity contribution < 1.29 is 24.5 Å². The number of nitrogens with one attached hydrogen (secondary N) is 1. The van der Waals surface area contributed by atoms with Crippen molar-refractivity contribution in [3.8, 4) is 0 Å². The predicted octanol–water partition coefficient (Wildman–Crippen LogP) is 15.9. The van der Waals surface area contributed by atoms with Gasteiger partial charge in [-0.3, -0.25) is 9.59 Å². The Morgan fingerprint density at radius 1 is 0.450 bits per heavy atom. The molecule has 3 N–H and O–H groups in total. The van der Waals surface area contributed by atoms with E-state index in [4.69, 9.17) is 4.74 Å². The van der Waals surface area contributed by atoms with Gasteiger partial charge in [-0.1, -0.05) is 237 Å². The van der Waals surface area contributed by atoms with E-state index in [2.05, 4.69) is 31.3 Å². The van der Waals surface area contributed by atoms with Crippen LogP contribution in [0.2, 0.25) is 0 Å². The lowest BCUT2D eigenvalue weighted by Crippen LogP contribution is -2.45. The molecule has 0 heterocycles. The first-order valence-corrected chi connectivity index (χ1v) is 26.6. The van der Waals surface area contributed by atoms with Crippen LogP contribution in [0.25, 0.3) is 0 Å². The number of hydrogen-bond acceptors (Lipinski definition) is 5. The van der Waals surface area contributed by atoms with Crippen LogP contribution in [0.1, 0.15) is 284 Å². The van der Waals surface area contributed by atoms with Gasteiger partial charge in [0.2, 0.25) is 5.91 Å². The van der Waals surface area contributed by atoms with Crippen molar-refractivity contribution in [1.82, 2.24) is 5.32 Å². The van der Waals surface area contributed by atoms with E-state index in [9.17, 15) is 19.8 Å². The van der Waals surface area contributed by atoms with Crippen LogP contribution in [-0.2, 0) is 14.3 Å². The zero-order chi connectivity index (χ0) is 43.7. The van der Waals surface area contributed by atoms with E-state index in [1.165, 1.54) is 212 Å². The summed E-state index contributed by atoms with van der Waals surface area (Å²) in [7, 11) is 0. The minimum atomic E-state index is -0.844. The van der Waals surface area contributed by atoms with E-state index in [1.54, 1.807) is 6.08 Å². The highest BCUT2D eigenvalue weighted by Crippen LogP contribution is 2.16. The van der Waals surface area contributed by atoms with E-state index in [-0.39, 0.29) is 18.5 Å². The second kappa shape index (κ2) is 50.0. The molecule has 0 aromatic rings. The number of carbonyl (C=O) groups is 2. The number of aliphatic hydroxyl groups is 2. The van der Waals surface area contributed by atoms with Crippen molar-refractivity contribution in [2.75, 3.05) is 13.2 Å². The molecule has 0 saturated heterocycles. The first-order valence-electron chi connectivity index (χ1n) is 26.6. The second-order valence-electron chi connectivity index (χ2n) is 18.2. The third kappa shape index (κ3) is 45.9. The number of allylic oxidation sites excluding steroid dienone is 3. The molecule has 0 aliphatic heterocycles. The maximum Gasteiger partial charge on any atom is 0.305 e. The van der Waals surface area contributed by atoms with Gasteiger partial charge in [-0.25, -0.2) is 0 Å². The van der Waals surface area contributed by atoms with Gasteiger partial charge in [-0.2, -0.15) is 0 Å². The lowest BCUT2D eigenvalue weighted by molar-refractivity contribution is -0.143. The summed E-state index contributed by atoms with van der Waals surface area (Å²) in [4.78, 5) is 24.4. The minimum Gasteiger partial charge on any atom is -0.466 e. The predicted molar refractivity (Wildman–Crippen MR) is 260 cm³/mol. The molecular formula is C54H103NO5. The Labute approximate surface area is 373 Å². The van der Waals surface area contributed by atoms with Crippen LogP contribution in [0, 0.1) is 0 Å². The molecule has 0 bridgehead atoms. The van der Waals surface area contributed by atoms with Crippen LogP contribution in [-0.4, -0.2) is 47.4 Å². The summed E-state index contributed by atoms with van der Waals surface area (Å²) >= 11 is 0. The van der Waals surface area contributed by atoms with Crippen LogP contribution in [0.4, 0.5) is 0 Å². The van der Waals surface area contributed by atoms with Crippen molar-refractivity contribution in [2.24, 2.45) is 0 Å². The molecule has 60 heavy (non-hydrogen) atoms. The first kappa shape index (κ1) is 58.3. The van der Waals surface area contributed by atoms with Gasteiger partial charge >= 0.3 is 5.97 Å². The largest absolute Gasteiger partial charge is 0.466 e. The van der Waals surface area contributed by atoms with Crippen molar-refractivity contribution in [2.45, 2.75) is 296 Å². The molecule has 6 heteroatoms. The quantitative estimate of drug-likeness (QED) is 0.0322. The standard InChI is InChI=1S/C54H103NO5/c1-3-5-7-9-11-13-15-23-28-32-36-40-44-48-54(59)60-49-45-41-37-33-29-25-22-20-18-16-17-19-21-24-27-31-35-39-43-47-53(58)55-51(50-56)52(57)46-42-38-34-30-26-14-12-10-8-6-4-2/h13,15,42,46,51-52,56-57H,3-12,14,16-41,43-45,47-50H2,1-2H3,(H,55,58)/b15-13-,46-42+. The van der Waals surface area contributed by atoms with Crippen LogP contribution in [0.5, 0.6) is 0 Å². The molecule has 2 unspecified atom stereocenters. The fourth-order valence-electron chi connectivity index (χ4n) is 8.10. The number of aliphatic hydroxyl groups excluding tert-OH is 2. The maximum atomic E-state index is 12.4. The molecular weight excluding hydrogens is 743 g/mol. The third-order valence-corrected chi connectivity index (χ3v) is 12.2. The Hall–Kier alpha value is -1.66.